The summed E-state index contributed by atoms with van der Waals surface area (Å²) in [6, 6.07) is 58.3. The highest BCUT2D eigenvalue weighted by molar-refractivity contribution is 6.19. The van der Waals surface area contributed by atoms with E-state index < -0.39 is 0 Å². The molecule has 234 valence electrons. The van der Waals surface area contributed by atoms with Crippen LogP contribution in [-0.4, -0.2) is 9.97 Å². The smallest absolute Gasteiger partial charge is 0.164 e. The Hall–Kier alpha value is -6.78. The molecule has 0 amide bonds. The van der Waals surface area contributed by atoms with Crippen molar-refractivity contribution >= 4 is 43.9 Å². The van der Waals surface area contributed by atoms with Crippen molar-refractivity contribution in [2.24, 2.45) is 0 Å². The van der Waals surface area contributed by atoms with E-state index in [-0.39, 0.29) is 0 Å². The zero-order valence-electron chi connectivity index (χ0n) is 26.9. The van der Waals surface area contributed by atoms with Gasteiger partial charge in [0.2, 0.25) is 0 Å². The van der Waals surface area contributed by atoms with Crippen LogP contribution >= 0.6 is 0 Å². The van der Waals surface area contributed by atoms with Crippen LogP contribution in [0.25, 0.3) is 100 Å². The van der Waals surface area contributed by atoms with Crippen LogP contribution < -0.4 is 0 Å². The largest absolute Gasteiger partial charge is 0.455 e. The van der Waals surface area contributed by atoms with E-state index in [4.69, 9.17) is 18.8 Å². The van der Waals surface area contributed by atoms with Crippen LogP contribution in [0.3, 0.4) is 0 Å². The summed E-state index contributed by atoms with van der Waals surface area (Å²) in [5, 5.41) is 4.22. The van der Waals surface area contributed by atoms with Gasteiger partial charge in [0.05, 0.1) is 17.0 Å². The summed E-state index contributed by atoms with van der Waals surface area (Å²) in [7, 11) is 0. The second-order valence-corrected chi connectivity index (χ2v) is 12.5. The van der Waals surface area contributed by atoms with Crippen molar-refractivity contribution in [2.75, 3.05) is 0 Å². The van der Waals surface area contributed by atoms with Crippen LogP contribution in [0.2, 0.25) is 0 Å². The molecule has 4 nitrogen and oxygen atoms in total. The molecule has 7 aromatic carbocycles. The van der Waals surface area contributed by atoms with Crippen molar-refractivity contribution in [3.05, 3.63) is 170 Å². The standard InChI is InChI=1S/C46H28N2O2/c1-3-14-29(15-4-1)31-18-7-8-19-32(31)40-28-39(30-16-5-2-6-17-30)47-46(48-40)38-27-26-34(43-37-21-10-12-25-42(37)50-45(38)43)36-23-13-22-35-33-20-9-11-24-41(33)49-44(35)36/h1-28H. The number of aromatic nitrogens is 2. The first-order chi connectivity index (χ1) is 24.8. The third-order valence-electron chi connectivity index (χ3n) is 9.54. The zero-order valence-corrected chi connectivity index (χ0v) is 26.9. The van der Waals surface area contributed by atoms with Gasteiger partial charge in [-0.2, -0.15) is 0 Å². The predicted octanol–water partition coefficient (Wildman–Crippen LogP) is 12.6. The normalized spacial score (nSPS) is 11.6. The number of benzene rings is 7. The van der Waals surface area contributed by atoms with Gasteiger partial charge in [-0.25, -0.2) is 9.97 Å². The van der Waals surface area contributed by atoms with Gasteiger partial charge in [-0.1, -0.05) is 146 Å². The molecule has 10 rings (SSSR count). The molecule has 0 fully saturated rings. The lowest BCUT2D eigenvalue weighted by Gasteiger charge is -2.14. The van der Waals surface area contributed by atoms with Crippen molar-refractivity contribution in [2.45, 2.75) is 0 Å². The molecule has 0 aliphatic heterocycles. The van der Waals surface area contributed by atoms with Gasteiger partial charge in [0.15, 0.2) is 5.82 Å². The first kappa shape index (κ1) is 28.3. The number of nitrogens with zero attached hydrogens (tertiary/aromatic N) is 2. The number of rotatable bonds is 5. The summed E-state index contributed by atoms with van der Waals surface area (Å²) >= 11 is 0. The molecule has 0 N–H and O–H groups in total. The predicted molar refractivity (Wildman–Crippen MR) is 204 cm³/mol. The molecular formula is C46H28N2O2. The van der Waals surface area contributed by atoms with Crippen molar-refractivity contribution < 1.29 is 8.83 Å². The molecule has 0 aliphatic carbocycles. The molecule has 0 spiro atoms. The first-order valence-electron chi connectivity index (χ1n) is 16.7. The van der Waals surface area contributed by atoms with Gasteiger partial charge in [-0.05, 0) is 41.0 Å². The van der Waals surface area contributed by atoms with Crippen molar-refractivity contribution in [1.82, 2.24) is 9.97 Å². The molecule has 0 atom stereocenters. The Bertz CT molecular complexity index is 2870. The second kappa shape index (κ2) is 11.4. The fourth-order valence-electron chi connectivity index (χ4n) is 7.23. The molecule has 3 aromatic heterocycles. The quantitative estimate of drug-likeness (QED) is 0.188. The van der Waals surface area contributed by atoms with Crippen LogP contribution in [0, 0.1) is 0 Å². The van der Waals surface area contributed by atoms with E-state index >= 15 is 0 Å². The average Bonchev–Trinajstić information content (AvgIpc) is 3.77. The Morgan fingerprint density at radius 1 is 0.340 bits per heavy atom. The average molecular weight is 641 g/mol. The molecule has 0 saturated heterocycles. The SMILES string of the molecule is c1ccc(-c2cc(-c3ccccc3-c3ccccc3)nc(-c3ccc(-c4cccc5c4oc4ccccc45)c4c3oc3ccccc34)n2)cc1. The summed E-state index contributed by atoms with van der Waals surface area (Å²) in [5.74, 6) is 0.599. The molecule has 4 heteroatoms. The highest BCUT2D eigenvalue weighted by Gasteiger charge is 2.22. The third kappa shape index (κ3) is 4.54. The summed E-state index contributed by atoms with van der Waals surface area (Å²) < 4.78 is 13.3. The zero-order chi connectivity index (χ0) is 33.0. The van der Waals surface area contributed by atoms with E-state index in [9.17, 15) is 0 Å². The number of para-hydroxylation sites is 3. The number of fused-ring (bicyclic) bond motifs is 6. The lowest BCUT2D eigenvalue weighted by molar-refractivity contribution is 0.669. The topological polar surface area (TPSA) is 52.1 Å². The van der Waals surface area contributed by atoms with Gasteiger partial charge in [0.25, 0.3) is 0 Å². The maximum Gasteiger partial charge on any atom is 0.164 e. The summed E-state index contributed by atoms with van der Waals surface area (Å²) in [6.45, 7) is 0. The summed E-state index contributed by atoms with van der Waals surface area (Å²) in [4.78, 5) is 10.5. The van der Waals surface area contributed by atoms with E-state index in [2.05, 4.69) is 121 Å². The van der Waals surface area contributed by atoms with E-state index in [0.717, 1.165) is 94.2 Å². The van der Waals surface area contributed by atoms with Gasteiger partial charge in [0, 0.05) is 38.2 Å². The van der Waals surface area contributed by atoms with Crippen LogP contribution in [0.15, 0.2) is 179 Å². The highest BCUT2D eigenvalue weighted by Crippen LogP contribution is 2.45. The van der Waals surface area contributed by atoms with Crippen LogP contribution in [0.5, 0.6) is 0 Å². The number of hydrogen-bond donors (Lipinski definition) is 0. The maximum absolute atomic E-state index is 6.74. The molecular weight excluding hydrogens is 613 g/mol. The highest BCUT2D eigenvalue weighted by atomic mass is 16.3. The Balaban J connectivity index is 1.25. The Labute approximate surface area is 287 Å². The van der Waals surface area contributed by atoms with Gasteiger partial charge < -0.3 is 8.83 Å². The molecule has 50 heavy (non-hydrogen) atoms. The monoisotopic (exact) mass is 640 g/mol. The van der Waals surface area contributed by atoms with E-state index in [0.29, 0.717) is 5.82 Å². The van der Waals surface area contributed by atoms with Crippen LogP contribution in [0.1, 0.15) is 0 Å². The minimum absolute atomic E-state index is 0.599. The number of hydrogen-bond acceptors (Lipinski definition) is 4. The molecule has 3 heterocycles. The molecule has 0 unspecified atom stereocenters. The fraction of sp³-hybridized carbons (Fsp3) is 0. The summed E-state index contributed by atoms with van der Waals surface area (Å²) in [6.07, 6.45) is 0. The van der Waals surface area contributed by atoms with Gasteiger partial charge in [0.1, 0.15) is 22.3 Å². The van der Waals surface area contributed by atoms with Gasteiger partial charge in [-0.3, -0.25) is 0 Å². The molecule has 10 aromatic rings. The van der Waals surface area contributed by atoms with Gasteiger partial charge >= 0.3 is 0 Å². The molecule has 0 bridgehead atoms. The molecule has 0 radical (unpaired) electrons. The summed E-state index contributed by atoms with van der Waals surface area (Å²) in [5.41, 5.74) is 12.1. The van der Waals surface area contributed by atoms with E-state index in [1.807, 2.05) is 48.5 Å². The number of furan rings is 2. The second-order valence-electron chi connectivity index (χ2n) is 12.5. The van der Waals surface area contributed by atoms with E-state index in [1.165, 1.54) is 0 Å². The molecule has 0 aliphatic rings. The first-order valence-corrected chi connectivity index (χ1v) is 16.7. The minimum atomic E-state index is 0.599. The van der Waals surface area contributed by atoms with Crippen molar-refractivity contribution in [1.29, 1.82) is 0 Å². The van der Waals surface area contributed by atoms with Crippen LogP contribution in [-0.2, 0) is 0 Å². The lowest BCUT2D eigenvalue weighted by Crippen LogP contribution is -1.97. The fourth-order valence-corrected chi connectivity index (χ4v) is 7.23. The van der Waals surface area contributed by atoms with Crippen molar-refractivity contribution in [3.63, 3.8) is 0 Å². The maximum atomic E-state index is 6.74. The van der Waals surface area contributed by atoms with Crippen LogP contribution in [0.4, 0.5) is 0 Å². The Morgan fingerprint density at radius 3 is 1.70 bits per heavy atom. The third-order valence-corrected chi connectivity index (χ3v) is 9.54. The van der Waals surface area contributed by atoms with Crippen molar-refractivity contribution in [3.8, 4) is 56.2 Å². The Kier molecular flexibility index (Phi) is 6.46. The lowest BCUT2D eigenvalue weighted by atomic mass is 9.95. The Morgan fingerprint density at radius 2 is 0.900 bits per heavy atom. The minimum Gasteiger partial charge on any atom is -0.455 e. The van der Waals surface area contributed by atoms with Gasteiger partial charge in [-0.15, -0.1) is 0 Å². The molecule has 0 saturated carbocycles. The van der Waals surface area contributed by atoms with E-state index in [1.54, 1.807) is 0 Å².